The molecule has 0 unspecified atom stereocenters. The molecule has 160 valence electrons. The lowest BCUT2D eigenvalue weighted by atomic mass is 9.37. The Morgan fingerprint density at radius 2 is 1.13 bits per heavy atom. The second kappa shape index (κ2) is 8.61. The van der Waals surface area contributed by atoms with Gasteiger partial charge in [-0.2, -0.15) is 11.3 Å². The second-order valence-corrected chi connectivity index (χ2v) is 10.8. The van der Waals surface area contributed by atoms with E-state index in [9.17, 15) is 0 Å². The minimum Gasteiger partial charge on any atom is -0.325 e. The van der Waals surface area contributed by atoms with Crippen LogP contribution in [0.1, 0.15) is 33.4 Å². The summed E-state index contributed by atoms with van der Waals surface area (Å²) in [6.07, 6.45) is 0. The highest BCUT2D eigenvalue weighted by molar-refractivity contribution is 7.34. The first-order valence-corrected chi connectivity index (χ1v) is 12.1. The quantitative estimate of drug-likeness (QED) is 0.590. The number of thiophene rings is 1. The molecule has 1 saturated heterocycles. The summed E-state index contributed by atoms with van der Waals surface area (Å²) in [4.78, 5) is 4.94. The van der Waals surface area contributed by atoms with Crippen molar-refractivity contribution in [3.8, 4) is 0 Å². The van der Waals surface area contributed by atoms with Gasteiger partial charge in [-0.15, -0.1) is 0 Å². The molecule has 0 bridgehead atoms. The summed E-state index contributed by atoms with van der Waals surface area (Å²) in [6.45, 7) is 16.5. The minimum absolute atomic E-state index is 0.275. The maximum Gasteiger partial charge on any atom is 0.356 e. The van der Waals surface area contributed by atoms with E-state index < -0.39 is 0 Å². The van der Waals surface area contributed by atoms with Gasteiger partial charge in [0.05, 0.1) is 0 Å². The Hall–Kier alpha value is -1.81. The zero-order chi connectivity index (χ0) is 22.4. The van der Waals surface area contributed by atoms with Crippen molar-refractivity contribution in [2.45, 2.75) is 41.5 Å². The number of rotatable bonds is 4. The first kappa shape index (κ1) is 22.4. The molecule has 0 radical (unpaired) electrons. The second-order valence-electron chi connectivity index (χ2n) is 9.63. The first-order chi connectivity index (χ1) is 14.7. The number of aryl methyl sites for hydroxylation is 6. The Labute approximate surface area is 193 Å². The maximum atomic E-state index is 2.47. The topological polar surface area (TPSA) is 6.48 Å². The lowest BCUT2D eigenvalue weighted by Gasteiger charge is -2.23. The van der Waals surface area contributed by atoms with E-state index in [2.05, 4.69) is 102 Å². The van der Waals surface area contributed by atoms with Gasteiger partial charge in [0.2, 0.25) is 0 Å². The fraction of sp³-hybridized carbons (Fsp3) is 0.385. The zero-order valence-electron chi connectivity index (χ0n) is 20.3. The molecular weight excluding hydrogens is 394 g/mol. The molecule has 31 heavy (non-hydrogen) atoms. The SMILES string of the molecule is Cc1cc(C)c(B(c2ccc(B3N(C)CCN3C)s2)c2c(C)cc(C)cc2C)c(C)c1. The van der Waals surface area contributed by atoms with Crippen LogP contribution < -0.4 is 20.5 Å². The van der Waals surface area contributed by atoms with E-state index in [4.69, 9.17) is 0 Å². The fourth-order valence-corrected chi connectivity index (χ4v) is 7.08. The van der Waals surface area contributed by atoms with Crippen LogP contribution in [-0.4, -0.2) is 50.5 Å². The Morgan fingerprint density at radius 1 is 0.710 bits per heavy atom. The van der Waals surface area contributed by atoms with Gasteiger partial charge in [0.25, 0.3) is 6.71 Å². The molecule has 0 N–H and O–H groups in total. The van der Waals surface area contributed by atoms with Crippen molar-refractivity contribution in [1.29, 1.82) is 0 Å². The molecule has 0 saturated carbocycles. The van der Waals surface area contributed by atoms with Crippen LogP contribution in [0.5, 0.6) is 0 Å². The number of nitrogens with zero attached hydrogens (tertiary/aromatic N) is 2. The van der Waals surface area contributed by atoms with Crippen LogP contribution in [0.4, 0.5) is 0 Å². The van der Waals surface area contributed by atoms with E-state index in [0.717, 1.165) is 13.1 Å². The zero-order valence-corrected chi connectivity index (χ0v) is 21.2. The van der Waals surface area contributed by atoms with Gasteiger partial charge in [-0.1, -0.05) is 80.7 Å². The van der Waals surface area contributed by atoms with E-state index in [1.54, 1.807) is 0 Å². The molecule has 0 amide bonds. The smallest absolute Gasteiger partial charge is 0.325 e. The summed E-state index contributed by atoms with van der Waals surface area (Å²) in [7, 11) is 4.49. The number of hydrogen-bond donors (Lipinski definition) is 0. The molecule has 1 aliphatic heterocycles. The Bertz CT molecular complexity index is 1010. The molecule has 3 aromatic rings. The van der Waals surface area contributed by atoms with E-state index in [-0.39, 0.29) is 6.71 Å². The van der Waals surface area contributed by atoms with Crippen LogP contribution >= 0.6 is 11.3 Å². The largest absolute Gasteiger partial charge is 0.356 e. The summed E-state index contributed by atoms with van der Waals surface area (Å²) in [6, 6.07) is 14.2. The van der Waals surface area contributed by atoms with Crippen molar-refractivity contribution in [2.75, 3.05) is 27.2 Å². The normalized spacial score (nSPS) is 15.2. The van der Waals surface area contributed by atoms with Crippen LogP contribution in [0, 0.1) is 41.5 Å². The van der Waals surface area contributed by atoms with Gasteiger partial charge in [-0.3, -0.25) is 0 Å². The summed E-state index contributed by atoms with van der Waals surface area (Å²) < 4.78 is 2.90. The van der Waals surface area contributed by atoms with Gasteiger partial charge < -0.3 is 9.62 Å². The molecule has 0 spiro atoms. The van der Waals surface area contributed by atoms with Crippen LogP contribution in [-0.2, 0) is 0 Å². The van der Waals surface area contributed by atoms with E-state index in [1.165, 1.54) is 53.9 Å². The molecule has 5 heteroatoms. The maximum absolute atomic E-state index is 2.47. The van der Waals surface area contributed by atoms with Gasteiger partial charge >= 0.3 is 6.98 Å². The Morgan fingerprint density at radius 3 is 1.55 bits per heavy atom. The van der Waals surface area contributed by atoms with Crippen molar-refractivity contribution in [3.05, 3.63) is 69.8 Å². The van der Waals surface area contributed by atoms with E-state index in [1.807, 2.05) is 11.3 Å². The van der Waals surface area contributed by atoms with Crippen LogP contribution in [0.15, 0.2) is 36.4 Å². The highest BCUT2D eigenvalue weighted by Gasteiger charge is 2.36. The summed E-state index contributed by atoms with van der Waals surface area (Å²) >= 11 is 2.00. The molecule has 1 aromatic heterocycles. The number of hydrogen-bond acceptors (Lipinski definition) is 3. The lowest BCUT2D eigenvalue weighted by Crippen LogP contribution is -2.55. The van der Waals surface area contributed by atoms with Gasteiger partial charge in [0.15, 0.2) is 0 Å². The van der Waals surface area contributed by atoms with Crippen LogP contribution in [0.2, 0.25) is 0 Å². The third kappa shape index (κ3) is 4.16. The average molecular weight is 428 g/mol. The highest BCUT2D eigenvalue weighted by atomic mass is 32.1. The Balaban J connectivity index is 1.92. The van der Waals surface area contributed by atoms with Gasteiger partial charge in [0, 0.05) is 17.9 Å². The fourth-order valence-electron chi connectivity index (χ4n) is 5.72. The van der Waals surface area contributed by atoms with Gasteiger partial charge in [-0.25, -0.2) is 0 Å². The monoisotopic (exact) mass is 428 g/mol. The third-order valence-corrected chi connectivity index (χ3v) is 8.07. The molecule has 0 atom stereocenters. The summed E-state index contributed by atoms with van der Waals surface area (Å²) in [5.74, 6) is 0. The minimum atomic E-state index is 0.275. The molecule has 2 heterocycles. The molecule has 2 nitrogen and oxygen atoms in total. The van der Waals surface area contributed by atoms with Crippen molar-refractivity contribution in [3.63, 3.8) is 0 Å². The van der Waals surface area contributed by atoms with E-state index in [0.29, 0.717) is 6.98 Å². The first-order valence-electron chi connectivity index (χ1n) is 11.3. The molecule has 1 fully saturated rings. The summed E-state index contributed by atoms with van der Waals surface area (Å²) in [5, 5.41) is 0. The molecule has 4 rings (SSSR count). The average Bonchev–Trinajstić information content (AvgIpc) is 3.25. The predicted octanol–water partition coefficient (Wildman–Crippen LogP) is 2.69. The highest BCUT2D eigenvalue weighted by Crippen LogP contribution is 2.15. The number of likely N-dealkylation sites (N-methyl/N-ethyl adjacent to an activating group) is 2. The summed E-state index contributed by atoms with van der Waals surface area (Å²) in [5.41, 5.74) is 11.2. The standard InChI is InChI=1S/C26H34B2N2S/c1-17-13-19(3)25(20(4)14-17)27(26-21(5)15-18(2)16-22(26)6)23-9-10-24(31-23)28-29(7)11-12-30(28)8/h9-10,13-16H,11-12H2,1-8H3. The van der Waals surface area contributed by atoms with Crippen molar-refractivity contribution >= 4 is 45.5 Å². The molecule has 0 aliphatic carbocycles. The third-order valence-electron chi connectivity index (χ3n) is 6.88. The predicted molar refractivity (Wildman–Crippen MR) is 141 cm³/mol. The van der Waals surface area contributed by atoms with Crippen molar-refractivity contribution < 1.29 is 0 Å². The Kier molecular flexibility index (Phi) is 6.22. The van der Waals surface area contributed by atoms with Crippen molar-refractivity contribution in [1.82, 2.24) is 9.62 Å². The number of benzene rings is 2. The van der Waals surface area contributed by atoms with Crippen molar-refractivity contribution in [2.24, 2.45) is 0 Å². The molecule has 2 aromatic carbocycles. The van der Waals surface area contributed by atoms with Gasteiger partial charge in [-0.05, 0) is 60.4 Å². The van der Waals surface area contributed by atoms with Gasteiger partial charge in [0.1, 0.15) is 0 Å². The molecule has 1 aliphatic rings. The van der Waals surface area contributed by atoms with E-state index >= 15 is 0 Å². The lowest BCUT2D eigenvalue weighted by molar-refractivity contribution is 0.553. The molecular formula is C26H34B2N2S. The van der Waals surface area contributed by atoms with Crippen LogP contribution in [0.3, 0.4) is 0 Å². The van der Waals surface area contributed by atoms with Crippen LogP contribution in [0.25, 0.3) is 0 Å².